The average molecular weight is 202 g/mol. The number of halogens is 1. The van der Waals surface area contributed by atoms with Crippen molar-refractivity contribution in [2.75, 3.05) is 13.6 Å². The van der Waals surface area contributed by atoms with Gasteiger partial charge in [-0.25, -0.2) is 0 Å². The maximum Gasteiger partial charge on any atom is 0.130 e. The van der Waals surface area contributed by atoms with Gasteiger partial charge in [-0.2, -0.15) is 5.10 Å². The molecule has 0 saturated heterocycles. The van der Waals surface area contributed by atoms with Crippen molar-refractivity contribution in [2.24, 2.45) is 0 Å². The van der Waals surface area contributed by atoms with E-state index < -0.39 is 0 Å². The van der Waals surface area contributed by atoms with Gasteiger partial charge in [-0.05, 0) is 26.4 Å². The van der Waals surface area contributed by atoms with Crippen molar-refractivity contribution >= 4 is 11.6 Å². The molecule has 1 aromatic heterocycles. The standard InChI is InChI=1S/C9H16ClN3/c1-3-6-13-9(10)8(7-12-13)4-5-11-2/h7,11H,3-6H2,1-2H3. The van der Waals surface area contributed by atoms with Crippen LogP contribution in [0, 0.1) is 0 Å². The zero-order valence-electron chi connectivity index (χ0n) is 8.18. The summed E-state index contributed by atoms with van der Waals surface area (Å²) in [6.45, 7) is 3.96. The van der Waals surface area contributed by atoms with Gasteiger partial charge in [0.05, 0.1) is 6.20 Å². The normalized spacial score (nSPS) is 10.7. The Morgan fingerprint density at radius 2 is 2.38 bits per heavy atom. The molecule has 0 aromatic carbocycles. The van der Waals surface area contributed by atoms with Crippen molar-refractivity contribution in [3.8, 4) is 0 Å². The minimum atomic E-state index is 0.789. The summed E-state index contributed by atoms with van der Waals surface area (Å²) in [6, 6.07) is 0. The largest absolute Gasteiger partial charge is 0.319 e. The molecule has 74 valence electrons. The molecule has 0 saturated carbocycles. The first kappa shape index (κ1) is 10.5. The molecule has 0 aliphatic carbocycles. The molecule has 0 fully saturated rings. The van der Waals surface area contributed by atoms with Crippen molar-refractivity contribution in [3.63, 3.8) is 0 Å². The number of hydrogen-bond acceptors (Lipinski definition) is 2. The first-order chi connectivity index (χ1) is 6.29. The van der Waals surface area contributed by atoms with Crippen LogP contribution >= 0.6 is 11.6 Å². The van der Waals surface area contributed by atoms with Gasteiger partial charge in [0, 0.05) is 12.1 Å². The Morgan fingerprint density at radius 3 is 3.00 bits per heavy atom. The monoisotopic (exact) mass is 201 g/mol. The number of hydrogen-bond donors (Lipinski definition) is 1. The smallest absolute Gasteiger partial charge is 0.130 e. The molecular formula is C9H16ClN3. The van der Waals surface area contributed by atoms with Crippen LogP contribution in [0.15, 0.2) is 6.20 Å². The van der Waals surface area contributed by atoms with E-state index >= 15 is 0 Å². The van der Waals surface area contributed by atoms with Crippen LogP contribution in [0.4, 0.5) is 0 Å². The zero-order chi connectivity index (χ0) is 9.68. The molecule has 0 unspecified atom stereocenters. The van der Waals surface area contributed by atoms with Gasteiger partial charge < -0.3 is 5.32 Å². The molecule has 1 heterocycles. The van der Waals surface area contributed by atoms with E-state index in [9.17, 15) is 0 Å². The molecule has 0 aliphatic rings. The van der Waals surface area contributed by atoms with E-state index in [1.165, 1.54) is 0 Å². The molecule has 1 aromatic rings. The second-order valence-corrected chi connectivity index (χ2v) is 3.40. The van der Waals surface area contributed by atoms with Gasteiger partial charge >= 0.3 is 0 Å². The molecule has 0 bridgehead atoms. The van der Waals surface area contributed by atoms with Crippen molar-refractivity contribution in [1.82, 2.24) is 15.1 Å². The molecule has 1 N–H and O–H groups in total. The predicted molar refractivity (Wildman–Crippen MR) is 55.2 cm³/mol. The fraction of sp³-hybridized carbons (Fsp3) is 0.667. The Kier molecular flexibility index (Phi) is 4.25. The lowest BCUT2D eigenvalue weighted by atomic mass is 10.2. The summed E-state index contributed by atoms with van der Waals surface area (Å²) in [5.41, 5.74) is 1.13. The van der Waals surface area contributed by atoms with Crippen molar-refractivity contribution in [1.29, 1.82) is 0 Å². The summed E-state index contributed by atoms with van der Waals surface area (Å²) in [5, 5.41) is 8.09. The molecule has 4 heteroatoms. The maximum atomic E-state index is 6.11. The first-order valence-corrected chi connectivity index (χ1v) is 5.02. The summed E-state index contributed by atoms with van der Waals surface area (Å²) in [4.78, 5) is 0. The molecule has 0 aliphatic heterocycles. The maximum absolute atomic E-state index is 6.11. The van der Waals surface area contributed by atoms with E-state index in [1.807, 2.05) is 17.9 Å². The lowest BCUT2D eigenvalue weighted by molar-refractivity contribution is 0.603. The van der Waals surface area contributed by atoms with Crippen molar-refractivity contribution in [2.45, 2.75) is 26.3 Å². The summed E-state index contributed by atoms with van der Waals surface area (Å²) in [6.07, 6.45) is 3.86. The van der Waals surface area contributed by atoms with E-state index in [0.29, 0.717) is 0 Å². The number of likely N-dealkylation sites (N-methyl/N-ethyl adjacent to an activating group) is 1. The fourth-order valence-corrected chi connectivity index (χ4v) is 1.48. The third-order valence-electron chi connectivity index (χ3n) is 1.92. The highest BCUT2D eigenvalue weighted by atomic mass is 35.5. The minimum absolute atomic E-state index is 0.789. The Labute approximate surface area is 84.1 Å². The lowest BCUT2D eigenvalue weighted by Gasteiger charge is -2.01. The predicted octanol–water partition coefficient (Wildman–Crippen LogP) is 1.71. The van der Waals surface area contributed by atoms with E-state index in [1.54, 1.807) is 0 Å². The van der Waals surface area contributed by atoms with Crippen LogP contribution < -0.4 is 5.32 Å². The summed E-state index contributed by atoms with van der Waals surface area (Å²) in [7, 11) is 1.93. The van der Waals surface area contributed by atoms with Gasteiger partial charge in [-0.1, -0.05) is 18.5 Å². The van der Waals surface area contributed by atoms with Gasteiger partial charge in [-0.3, -0.25) is 4.68 Å². The van der Waals surface area contributed by atoms with Crippen LogP contribution in [-0.4, -0.2) is 23.4 Å². The minimum Gasteiger partial charge on any atom is -0.319 e. The third kappa shape index (κ3) is 2.71. The van der Waals surface area contributed by atoms with E-state index in [-0.39, 0.29) is 0 Å². The summed E-state index contributed by atoms with van der Waals surface area (Å²) >= 11 is 6.11. The number of aryl methyl sites for hydroxylation is 1. The van der Waals surface area contributed by atoms with Crippen LogP contribution in [0.5, 0.6) is 0 Å². The SMILES string of the molecule is CCCn1ncc(CCNC)c1Cl. The molecule has 0 atom stereocenters. The molecule has 13 heavy (non-hydrogen) atoms. The van der Waals surface area contributed by atoms with Crippen LogP contribution in [0.25, 0.3) is 0 Å². The quantitative estimate of drug-likeness (QED) is 0.786. The highest BCUT2D eigenvalue weighted by molar-refractivity contribution is 6.30. The fourth-order valence-electron chi connectivity index (χ4n) is 1.20. The molecule has 3 nitrogen and oxygen atoms in total. The third-order valence-corrected chi connectivity index (χ3v) is 2.36. The highest BCUT2D eigenvalue weighted by Crippen LogP contribution is 2.15. The van der Waals surface area contributed by atoms with Gasteiger partial charge in [0.1, 0.15) is 5.15 Å². The van der Waals surface area contributed by atoms with E-state index in [0.717, 1.165) is 36.6 Å². The lowest BCUT2D eigenvalue weighted by Crippen LogP contribution is -2.10. The number of rotatable bonds is 5. The Morgan fingerprint density at radius 1 is 1.62 bits per heavy atom. The van der Waals surface area contributed by atoms with E-state index in [2.05, 4.69) is 17.3 Å². The van der Waals surface area contributed by atoms with Crippen molar-refractivity contribution < 1.29 is 0 Å². The molecule has 0 radical (unpaired) electrons. The second-order valence-electron chi connectivity index (χ2n) is 3.04. The molecule has 0 amide bonds. The summed E-state index contributed by atoms with van der Waals surface area (Å²) < 4.78 is 1.85. The van der Waals surface area contributed by atoms with Crippen LogP contribution in [-0.2, 0) is 13.0 Å². The van der Waals surface area contributed by atoms with Gasteiger partial charge in [0.25, 0.3) is 0 Å². The molecule has 0 spiro atoms. The molecular weight excluding hydrogens is 186 g/mol. The average Bonchev–Trinajstić information content (AvgIpc) is 2.46. The second kappa shape index (κ2) is 5.25. The topological polar surface area (TPSA) is 29.9 Å². The number of nitrogens with zero attached hydrogens (tertiary/aromatic N) is 2. The van der Waals surface area contributed by atoms with Gasteiger partial charge in [0.15, 0.2) is 0 Å². The first-order valence-electron chi connectivity index (χ1n) is 4.64. The molecule has 1 rings (SSSR count). The number of nitrogens with one attached hydrogen (secondary N) is 1. The Bertz CT molecular complexity index is 257. The van der Waals surface area contributed by atoms with E-state index in [4.69, 9.17) is 11.6 Å². The van der Waals surface area contributed by atoms with Crippen LogP contribution in [0.2, 0.25) is 5.15 Å². The number of aromatic nitrogens is 2. The zero-order valence-corrected chi connectivity index (χ0v) is 8.93. The Hall–Kier alpha value is -0.540. The van der Waals surface area contributed by atoms with Crippen LogP contribution in [0.1, 0.15) is 18.9 Å². The van der Waals surface area contributed by atoms with Crippen LogP contribution in [0.3, 0.4) is 0 Å². The highest BCUT2D eigenvalue weighted by Gasteiger charge is 2.06. The van der Waals surface area contributed by atoms with Crippen molar-refractivity contribution in [3.05, 3.63) is 16.9 Å². The van der Waals surface area contributed by atoms with Gasteiger partial charge in [-0.15, -0.1) is 0 Å². The Balaban J connectivity index is 2.62. The van der Waals surface area contributed by atoms with Gasteiger partial charge in [0.2, 0.25) is 0 Å². The summed E-state index contributed by atoms with van der Waals surface area (Å²) in [5.74, 6) is 0.